The van der Waals surface area contributed by atoms with E-state index in [0.29, 0.717) is 13.1 Å². The van der Waals surface area contributed by atoms with Crippen molar-refractivity contribution in [2.75, 3.05) is 12.3 Å². The van der Waals surface area contributed by atoms with Gasteiger partial charge in [0, 0.05) is 37.9 Å². The number of imidazole rings is 1. The van der Waals surface area contributed by atoms with Crippen LogP contribution >= 0.6 is 0 Å². The van der Waals surface area contributed by atoms with Crippen LogP contribution in [-0.4, -0.2) is 33.8 Å². The second kappa shape index (κ2) is 4.32. The predicted octanol–water partition coefficient (Wildman–Crippen LogP) is 0.0648. The van der Waals surface area contributed by atoms with Crippen molar-refractivity contribution in [2.24, 2.45) is 0 Å². The number of rotatable bonds is 2. The highest BCUT2D eigenvalue weighted by Gasteiger charge is 2.30. The Labute approximate surface area is 110 Å². The highest BCUT2D eigenvalue weighted by atomic mass is 32.2. The molecule has 0 saturated heterocycles. The number of nitrogens with two attached hydrogens (primary N) is 1. The van der Waals surface area contributed by atoms with E-state index in [0.717, 1.165) is 5.82 Å². The zero-order valence-electron chi connectivity index (χ0n) is 10.1. The molecule has 0 bridgehead atoms. The van der Waals surface area contributed by atoms with E-state index < -0.39 is 10.0 Å². The van der Waals surface area contributed by atoms with Crippen LogP contribution in [0.1, 0.15) is 5.82 Å². The number of fused-ring (bicyclic) bond motifs is 1. The molecule has 0 unspecified atom stereocenters. The molecule has 0 spiro atoms. The SMILES string of the molecule is Nc1ccncc1S(=O)(=O)N1CCn2ccnc2C1. The lowest BCUT2D eigenvalue weighted by molar-refractivity contribution is 0.335. The third-order valence-electron chi connectivity index (χ3n) is 3.14. The van der Waals surface area contributed by atoms with E-state index in [9.17, 15) is 8.42 Å². The third-order valence-corrected chi connectivity index (χ3v) is 5.03. The van der Waals surface area contributed by atoms with Crippen LogP contribution in [0.4, 0.5) is 5.69 Å². The van der Waals surface area contributed by atoms with Gasteiger partial charge in [-0.25, -0.2) is 13.4 Å². The first-order valence-electron chi connectivity index (χ1n) is 5.78. The molecule has 8 heteroatoms. The van der Waals surface area contributed by atoms with Crippen molar-refractivity contribution in [2.45, 2.75) is 18.0 Å². The van der Waals surface area contributed by atoms with Crippen LogP contribution in [0, 0.1) is 0 Å². The quantitative estimate of drug-likeness (QED) is 0.839. The molecule has 3 rings (SSSR count). The Bertz CT molecular complexity index is 709. The minimum Gasteiger partial charge on any atom is -0.398 e. The minimum atomic E-state index is -3.62. The number of sulfonamides is 1. The summed E-state index contributed by atoms with van der Waals surface area (Å²) in [5, 5.41) is 0. The van der Waals surface area contributed by atoms with Gasteiger partial charge >= 0.3 is 0 Å². The van der Waals surface area contributed by atoms with Crippen LogP contribution in [0.2, 0.25) is 0 Å². The molecule has 0 aromatic carbocycles. The number of hydrogen-bond acceptors (Lipinski definition) is 5. The molecule has 0 radical (unpaired) electrons. The first-order chi connectivity index (χ1) is 9.09. The van der Waals surface area contributed by atoms with E-state index in [2.05, 4.69) is 9.97 Å². The van der Waals surface area contributed by atoms with Gasteiger partial charge in [0.25, 0.3) is 0 Å². The maximum atomic E-state index is 12.5. The van der Waals surface area contributed by atoms with Crippen LogP contribution in [-0.2, 0) is 23.1 Å². The molecule has 0 saturated carbocycles. The molecule has 1 aliphatic rings. The van der Waals surface area contributed by atoms with Crippen LogP contribution in [0.15, 0.2) is 35.7 Å². The van der Waals surface area contributed by atoms with Crippen molar-refractivity contribution in [3.05, 3.63) is 36.7 Å². The van der Waals surface area contributed by atoms with Gasteiger partial charge in [0.15, 0.2) is 0 Å². The first-order valence-corrected chi connectivity index (χ1v) is 7.23. The molecule has 2 aromatic rings. The normalized spacial score (nSPS) is 16.2. The Kier molecular flexibility index (Phi) is 2.76. The highest BCUT2D eigenvalue weighted by molar-refractivity contribution is 7.89. The van der Waals surface area contributed by atoms with Gasteiger partial charge in [0.1, 0.15) is 10.7 Å². The fourth-order valence-corrected chi connectivity index (χ4v) is 3.55. The number of aromatic nitrogens is 3. The van der Waals surface area contributed by atoms with Gasteiger partial charge < -0.3 is 10.3 Å². The highest BCUT2D eigenvalue weighted by Crippen LogP contribution is 2.24. The van der Waals surface area contributed by atoms with Crippen molar-refractivity contribution in [3.8, 4) is 0 Å². The maximum Gasteiger partial charge on any atom is 0.247 e. The molecule has 0 amide bonds. The average Bonchev–Trinajstić information content (AvgIpc) is 2.86. The fraction of sp³-hybridized carbons (Fsp3) is 0.273. The van der Waals surface area contributed by atoms with Crippen molar-refractivity contribution in [1.29, 1.82) is 0 Å². The largest absolute Gasteiger partial charge is 0.398 e. The van der Waals surface area contributed by atoms with Crippen molar-refractivity contribution in [1.82, 2.24) is 18.8 Å². The van der Waals surface area contributed by atoms with E-state index in [1.165, 1.54) is 22.8 Å². The van der Waals surface area contributed by atoms with Crippen molar-refractivity contribution in [3.63, 3.8) is 0 Å². The summed E-state index contributed by atoms with van der Waals surface area (Å²) < 4.78 is 28.3. The maximum absolute atomic E-state index is 12.5. The van der Waals surface area contributed by atoms with Gasteiger partial charge in [0.2, 0.25) is 10.0 Å². The second-order valence-corrected chi connectivity index (χ2v) is 6.20. The topological polar surface area (TPSA) is 94.1 Å². The predicted molar refractivity (Wildman–Crippen MR) is 68.5 cm³/mol. The fourth-order valence-electron chi connectivity index (χ4n) is 2.10. The van der Waals surface area contributed by atoms with Crippen LogP contribution in [0.3, 0.4) is 0 Å². The summed E-state index contributed by atoms with van der Waals surface area (Å²) >= 11 is 0. The summed E-state index contributed by atoms with van der Waals surface area (Å²) in [6.07, 6.45) is 6.27. The van der Waals surface area contributed by atoms with E-state index in [1.54, 1.807) is 6.20 Å². The number of nitrogen functional groups attached to an aromatic ring is 1. The Balaban J connectivity index is 1.97. The summed E-state index contributed by atoms with van der Waals surface area (Å²) in [6, 6.07) is 1.48. The van der Waals surface area contributed by atoms with Crippen LogP contribution in [0.5, 0.6) is 0 Å². The summed E-state index contributed by atoms with van der Waals surface area (Å²) in [4.78, 5) is 8.03. The molecule has 2 N–H and O–H groups in total. The molecule has 19 heavy (non-hydrogen) atoms. The van der Waals surface area contributed by atoms with Gasteiger partial charge in [-0.05, 0) is 6.07 Å². The van der Waals surface area contributed by atoms with E-state index in [4.69, 9.17) is 5.73 Å². The molecule has 1 aliphatic heterocycles. The lowest BCUT2D eigenvalue weighted by atomic mass is 10.4. The number of anilines is 1. The molecular weight excluding hydrogens is 266 g/mol. The summed E-state index contributed by atoms with van der Waals surface area (Å²) in [5.74, 6) is 0.734. The van der Waals surface area contributed by atoms with Crippen LogP contribution < -0.4 is 5.73 Å². The molecule has 7 nitrogen and oxygen atoms in total. The zero-order chi connectivity index (χ0) is 13.5. The molecule has 0 aliphatic carbocycles. The van der Waals surface area contributed by atoms with Gasteiger partial charge in [-0.3, -0.25) is 4.98 Å². The van der Waals surface area contributed by atoms with Gasteiger partial charge in [0.05, 0.1) is 12.2 Å². The monoisotopic (exact) mass is 279 g/mol. The molecular formula is C11H13N5O2S. The molecule has 100 valence electrons. The van der Waals surface area contributed by atoms with E-state index in [1.807, 2.05) is 10.8 Å². The van der Waals surface area contributed by atoms with Gasteiger partial charge in [-0.15, -0.1) is 0 Å². The third kappa shape index (κ3) is 1.98. The zero-order valence-corrected chi connectivity index (χ0v) is 10.9. The number of pyridine rings is 1. The van der Waals surface area contributed by atoms with Crippen LogP contribution in [0.25, 0.3) is 0 Å². The Morgan fingerprint density at radius 3 is 2.89 bits per heavy atom. The standard InChI is InChI=1S/C11H13N5O2S/c12-9-1-2-13-7-10(9)19(17,18)16-6-5-15-4-3-14-11(15)8-16/h1-4,7H,5-6,8H2,(H2,12,13). The van der Waals surface area contributed by atoms with Gasteiger partial charge in [-0.1, -0.05) is 0 Å². The summed E-state index contributed by atoms with van der Waals surface area (Å²) in [6.45, 7) is 1.25. The Morgan fingerprint density at radius 1 is 1.26 bits per heavy atom. The van der Waals surface area contributed by atoms with Crippen molar-refractivity contribution >= 4 is 15.7 Å². The lowest BCUT2D eigenvalue weighted by Gasteiger charge is -2.27. The molecule has 2 aromatic heterocycles. The number of nitrogens with zero attached hydrogens (tertiary/aromatic N) is 4. The van der Waals surface area contributed by atoms with Gasteiger partial charge in [-0.2, -0.15) is 4.31 Å². The number of hydrogen-bond donors (Lipinski definition) is 1. The molecule has 0 fully saturated rings. The van der Waals surface area contributed by atoms with Crippen molar-refractivity contribution < 1.29 is 8.42 Å². The first kappa shape index (κ1) is 12.1. The Hall–Kier alpha value is -1.93. The average molecular weight is 279 g/mol. The minimum absolute atomic E-state index is 0.0509. The molecule has 0 atom stereocenters. The summed E-state index contributed by atoms with van der Waals surface area (Å²) in [7, 11) is -3.62. The smallest absolute Gasteiger partial charge is 0.247 e. The summed E-state index contributed by atoms with van der Waals surface area (Å²) in [5.41, 5.74) is 5.93. The second-order valence-electron chi connectivity index (χ2n) is 4.29. The van der Waals surface area contributed by atoms with E-state index in [-0.39, 0.29) is 17.1 Å². The lowest BCUT2D eigenvalue weighted by Crippen LogP contribution is -2.38. The van der Waals surface area contributed by atoms with E-state index >= 15 is 0 Å². The Morgan fingerprint density at radius 2 is 2.11 bits per heavy atom. The molecule has 3 heterocycles.